The number of aromatic nitrogens is 1. The van der Waals surface area contributed by atoms with Crippen molar-refractivity contribution in [2.24, 2.45) is 0 Å². The van der Waals surface area contributed by atoms with Gasteiger partial charge in [0.15, 0.2) is 0 Å². The third-order valence-corrected chi connectivity index (χ3v) is 4.26. The van der Waals surface area contributed by atoms with Gasteiger partial charge < -0.3 is 15.4 Å². The number of carbonyl (C=O) groups excluding carboxylic acids is 2. The fraction of sp³-hybridized carbons (Fsp3) is 0.278. The van der Waals surface area contributed by atoms with E-state index in [0.717, 1.165) is 4.47 Å². The number of pyridine rings is 1. The highest BCUT2D eigenvalue weighted by atomic mass is 79.9. The van der Waals surface area contributed by atoms with Crippen molar-refractivity contribution >= 4 is 39.2 Å². The van der Waals surface area contributed by atoms with Crippen LogP contribution in [0.1, 0.15) is 6.92 Å². The number of nitrogens with zero attached hydrogens (tertiary/aromatic N) is 2. The lowest BCUT2D eigenvalue weighted by Crippen LogP contribution is -2.43. The minimum absolute atomic E-state index is 0.0538. The maximum Gasteiger partial charge on any atom is 0.241 e. The molecule has 2 N–H and O–H groups in total. The maximum absolute atomic E-state index is 12.4. The molecule has 0 saturated carbocycles. The molecule has 1 aromatic heterocycles. The number of benzene rings is 1. The summed E-state index contributed by atoms with van der Waals surface area (Å²) in [5.74, 6) is 0.554. The molecular formula is C18H21BrN4O3. The molecule has 1 atom stereocenters. The predicted molar refractivity (Wildman–Crippen MR) is 104 cm³/mol. The van der Waals surface area contributed by atoms with Crippen LogP contribution in [0.4, 0.5) is 11.5 Å². The Kier molecular flexibility index (Phi) is 7.11. The molecule has 0 aliphatic heterocycles. The highest BCUT2D eigenvalue weighted by Gasteiger charge is 2.21. The van der Waals surface area contributed by atoms with Crippen molar-refractivity contribution in [2.45, 2.75) is 13.0 Å². The van der Waals surface area contributed by atoms with Crippen molar-refractivity contribution in [3.05, 3.63) is 47.1 Å². The van der Waals surface area contributed by atoms with Gasteiger partial charge >= 0.3 is 0 Å². The van der Waals surface area contributed by atoms with Gasteiger partial charge in [-0.2, -0.15) is 0 Å². The molecule has 0 bridgehead atoms. The minimum atomic E-state index is -0.511. The third-order valence-electron chi connectivity index (χ3n) is 3.79. The van der Waals surface area contributed by atoms with Gasteiger partial charge in [0.25, 0.3) is 0 Å². The van der Waals surface area contributed by atoms with Crippen LogP contribution >= 0.6 is 15.9 Å². The molecule has 0 aliphatic rings. The summed E-state index contributed by atoms with van der Waals surface area (Å²) in [6.07, 6.45) is 1.60. The molecule has 0 fully saturated rings. The van der Waals surface area contributed by atoms with Crippen LogP contribution in [0, 0.1) is 0 Å². The number of hydrogen-bond acceptors (Lipinski definition) is 5. The van der Waals surface area contributed by atoms with Crippen LogP contribution in [0.25, 0.3) is 0 Å². The first-order valence-corrected chi connectivity index (χ1v) is 8.75. The van der Waals surface area contributed by atoms with Gasteiger partial charge in [0.05, 0.1) is 25.4 Å². The summed E-state index contributed by atoms with van der Waals surface area (Å²) in [5, 5.41) is 5.51. The topological polar surface area (TPSA) is 83.6 Å². The molecule has 1 heterocycles. The fourth-order valence-corrected chi connectivity index (χ4v) is 2.42. The summed E-state index contributed by atoms with van der Waals surface area (Å²) in [4.78, 5) is 30.3. The number of hydrogen-bond donors (Lipinski definition) is 2. The minimum Gasteiger partial charge on any atom is -0.495 e. The molecule has 0 saturated heterocycles. The normalized spacial score (nSPS) is 11.7. The molecule has 0 radical (unpaired) electrons. The van der Waals surface area contributed by atoms with Gasteiger partial charge in [-0.15, -0.1) is 0 Å². The van der Waals surface area contributed by atoms with Crippen LogP contribution in [0.5, 0.6) is 5.75 Å². The number of methoxy groups -OCH3 is 1. The van der Waals surface area contributed by atoms with Crippen molar-refractivity contribution < 1.29 is 14.3 Å². The zero-order chi connectivity index (χ0) is 19.1. The van der Waals surface area contributed by atoms with E-state index in [-0.39, 0.29) is 18.4 Å². The zero-order valence-electron chi connectivity index (χ0n) is 14.8. The Morgan fingerprint density at radius 1 is 1.23 bits per heavy atom. The average molecular weight is 421 g/mol. The Hall–Kier alpha value is -2.45. The van der Waals surface area contributed by atoms with E-state index in [1.165, 1.54) is 0 Å². The van der Waals surface area contributed by atoms with Crippen LogP contribution in [-0.2, 0) is 9.59 Å². The van der Waals surface area contributed by atoms with E-state index in [9.17, 15) is 9.59 Å². The number of para-hydroxylation sites is 2. The monoisotopic (exact) mass is 420 g/mol. The first kappa shape index (κ1) is 19.9. The zero-order valence-corrected chi connectivity index (χ0v) is 16.4. The highest BCUT2D eigenvalue weighted by Crippen LogP contribution is 2.23. The Bertz CT molecular complexity index is 767. The van der Waals surface area contributed by atoms with Crippen molar-refractivity contribution in [3.63, 3.8) is 0 Å². The van der Waals surface area contributed by atoms with Crippen LogP contribution in [0.3, 0.4) is 0 Å². The molecule has 2 amide bonds. The van der Waals surface area contributed by atoms with Gasteiger partial charge in [-0.05, 0) is 54.2 Å². The highest BCUT2D eigenvalue weighted by molar-refractivity contribution is 9.10. The van der Waals surface area contributed by atoms with Gasteiger partial charge in [-0.3, -0.25) is 14.5 Å². The number of likely N-dealkylation sites (N-methyl/N-ethyl adjacent to an activating group) is 1. The van der Waals surface area contributed by atoms with Gasteiger partial charge in [0.2, 0.25) is 11.8 Å². The number of ether oxygens (including phenoxy) is 1. The number of amides is 2. The third kappa shape index (κ3) is 5.53. The quantitative estimate of drug-likeness (QED) is 0.719. The van der Waals surface area contributed by atoms with Crippen molar-refractivity contribution in [1.82, 2.24) is 9.88 Å². The molecule has 138 valence electrons. The van der Waals surface area contributed by atoms with E-state index in [1.807, 2.05) is 12.1 Å². The molecule has 26 heavy (non-hydrogen) atoms. The van der Waals surface area contributed by atoms with Crippen molar-refractivity contribution in [2.75, 3.05) is 31.3 Å². The number of anilines is 2. The summed E-state index contributed by atoms with van der Waals surface area (Å²) >= 11 is 3.29. The Labute approximate surface area is 160 Å². The SMILES string of the molecule is COc1ccccc1NC(=O)C(C)N(C)CC(=O)Nc1ccc(Br)cn1. The van der Waals surface area contributed by atoms with Crippen LogP contribution in [0.15, 0.2) is 47.1 Å². The van der Waals surface area contributed by atoms with Crippen molar-refractivity contribution in [3.8, 4) is 5.75 Å². The first-order chi connectivity index (χ1) is 12.4. The van der Waals surface area contributed by atoms with E-state index in [1.54, 1.807) is 56.4 Å². The standard InChI is InChI=1S/C18H21BrN4O3/c1-12(18(25)21-14-6-4-5-7-15(14)26-3)23(2)11-17(24)22-16-9-8-13(19)10-20-16/h4-10,12H,11H2,1-3H3,(H,21,25)(H,20,22,24). The van der Waals surface area contributed by atoms with Gasteiger partial charge in [-0.1, -0.05) is 12.1 Å². The molecule has 2 aromatic rings. The molecular weight excluding hydrogens is 400 g/mol. The predicted octanol–water partition coefficient (Wildman–Crippen LogP) is 2.75. The Balaban J connectivity index is 1.91. The van der Waals surface area contributed by atoms with Gasteiger partial charge in [0.1, 0.15) is 11.6 Å². The van der Waals surface area contributed by atoms with Gasteiger partial charge in [-0.25, -0.2) is 4.98 Å². The van der Waals surface area contributed by atoms with E-state index < -0.39 is 6.04 Å². The molecule has 8 heteroatoms. The summed E-state index contributed by atoms with van der Waals surface area (Å²) in [7, 11) is 3.25. The van der Waals surface area contributed by atoms with E-state index >= 15 is 0 Å². The number of rotatable bonds is 7. The summed E-state index contributed by atoms with van der Waals surface area (Å²) < 4.78 is 6.05. The molecule has 1 aromatic carbocycles. The van der Waals surface area contributed by atoms with Crippen LogP contribution in [0.2, 0.25) is 0 Å². The van der Waals surface area contributed by atoms with Gasteiger partial charge in [0, 0.05) is 10.7 Å². The fourth-order valence-electron chi connectivity index (χ4n) is 2.18. The molecule has 1 unspecified atom stereocenters. The maximum atomic E-state index is 12.4. The van der Waals surface area contributed by atoms with E-state index in [2.05, 4.69) is 31.5 Å². The second-order valence-electron chi connectivity index (χ2n) is 5.69. The first-order valence-electron chi connectivity index (χ1n) is 7.96. The second-order valence-corrected chi connectivity index (χ2v) is 6.61. The summed E-state index contributed by atoms with van der Waals surface area (Å²) in [6, 6.07) is 10.1. The average Bonchev–Trinajstić information content (AvgIpc) is 2.63. The van der Waals surface area contributed by atoms with Crippen LogP contribution < -0.4 is 15.4 Å². The molecule has 0 spiro atoms. The number of halogens is 1. The van der Waals surface area contributed by atoms with Crippen LogP contribution in [-0.4, -0.2) is 48.4 Å². The van der Waals surface area contributed by atoms with Crippen molar-refractivity contribution in [1.29, 1.82) is 0 Å². The number of carbonyl (C=O) groups is 2. The molecule has 0 aliphatic carbocycles. The Morgan fingerprint density at radius 2 is 1.96 bits per heavy atom. The lowest BCUT2D eigenvalue weighted by Gasteiger charge is -2.23. The number of nitrogens with one attached hydrogen (secondary N) is 2. The smallest absolute Gasteiger partial charge is 0.241 e. The molecule has 7 nitrogen and oxygen atoms in total. The lowest BCUT2D eigenvalue weighted by molar-refractivity contribution is -0.122. The molecule has 2 rings (SSSR count). The lowest BCUT2D eigenvalue weighted by atomic mass is 10.2. The largest absolute Gasteiger partial charge is 0.495 e. The summed E-state index contributed by atoms with van der Waals surface area (Å²) in [5.41, 5.74) is 0.587. The Morgan fingerprint density at radius 3 is 2.62 bits per heavy atom. The second kappa shape index (κ2) is 9.30. The van der Waals surface area contributed by atoms with E-state index in [4.69, 9.17) is 4.74 Å². The van der Waals surface area contributed by atoms with E-state index in [0.29, 0.717) is 17.3 Å². The summed E-state index contributed by atoms with van der Waals surface area (Å²) in [6.45, 7) is 1.79.